The topological polar surface area (TPSA) is 68.3 Å². The summed E-state index contributed by atoms with van der Waals surface area (Å²) in [5.74, 6) is 1.80. The van der Waals surface area contributed by atoms with Crippen LogP contribution in [-0.4, -0.2) is 43.4 Å². The number of aromatic nitrogens is 2. The van der Waals surface area contributed by atoms with Crippen molar-refractivity contribution in [2.75, 3.05) is 38.7 Å². The monoisotopic (exact) mass is 400 g/mol. The van der Waals surface area contributed by atoms with Crippen molar-refractivity contribution in [1.29, 1.82) is 0 Å². The van der Waals surface area contributed by atoms with Gasteiger partial charge in [-0.25, -0.2) is 9.97 Å². The van der Waals surface area contributed by atoms with Crippen molar-refractivity contribution >= 4 is 30.6 Å². The second-order valence-corrected chi connectivity index (χ2v) is 5.74. The molecule has 144 valence electrons. The second kappa shape index (κ2) is 11.9. The van der Waals surface area contributed by atoms with E-state index in [0.717, 1.165) is 48.8 Å². The van der Waals surface area contributed by atoms with E-state index in [0.29, 0.717) is 19.8 Å². The fourth-order valence-corrected chi connectivity index (χ4v) is 2.80. The lowest BCUT2D eigenvalue weighted by atomic mass is 10.1. The van der Waals surface area contributed by atoms with Gasteiger partial charge in [0.25, 0.3) is 0 Å². The number of hydrogen-bond donors (Lipinski definition) is 2. The molecule has 26 heavy (non-hydrogen) atoms. The first-order valence-corrected chi connectivity index (χ1v) is 8.35. The highest BCUT2D eigenvalue weighted by atomic mass is 35.5. The van der Waals surface area contributed by atoms with Crippen molar-refractivity contribution in [1.82, 2.24) is 15.3 Å². The van der Waals surface area contributed by atoms with E-state index >= 15 is 0 Å². The van der Waals surface area contributed by atoms with Gasteiger partial charge in [-0.3, -0.25) is 0 Å². The number of benzene rings is 1. The molecule has 1 aliphatic heterocycles. The maximum Gasteiger partial charge on any atom is 0.133 e. The lowest BCUT2D eigenvalue weighted by Gasteiger charge is -2.13. The Bertz CT molecular complexity index is 673. The molecule has 0 fully saturated rings. The van der Waals surface area contributed by atoms with E-state index in [1.165, 1.54) is 5.56 Å². The van der Waals surface area contributed by atoms with E-state index in [-0.39, 0.29) is 24.8 Å². The zero-order valence-electron chi connectivity index (χ0n) is 14.9. The lowest BCUT2D eigenvalue weighted by Crippen LogP contribution is -2.16. The molecule has 0 unspecified atom stereocenters. The fourth-order valence-electron chi connectivity index (χ4n) is 2.80. The van der Waals surface area contributed by atoms with E-state index in [1.807, 2.05) is 18.2 Å². The predicted octanol–water partition coefficient (Wildman–Crippen LogP) is 2.65. The van der Waals surface area contributed by atoms with E-state index in [1.54, 1.807) is 13.4 Å². The smallest absolute Gasteiger partial charge is 0.133 e. The molecule has 0 saturated carbocycles. The number of rotatable bonds is 7. The highest BCUT2D eigenvalue weighted by molar-refractivity contribution is 5.85. The molecule has 0 spiro atoms. The van der Waals surface area contributed by atoms with E-state index in [2.05, 4.69) is 26.7 Å². The summed E-state index contributed by atoms with van der Waals surface area (Å²) < 4.78 is 10.7. The average Bonchev–Trinajstić information content (AvgIpc) is 2.86. The minimum absolute atomic E-state index is 0. The Morgan fingerprint density at radius 2 is 1.96 bits per heavy atom. The summed E-state index contributed by atoms with van der Waals surface area (Å²) in [7, 11) is 1.67. The van der Waals surface area contributed by atoms with E-state index < -0.39 is 0 Å². The summed E-state index contributed by atoms with van der Waals surface area (Å²) in [6, 6.07) is 8.09. The van der Waals surface area contributed by atoms with Crippen LogP contribution in [0, 0.1) is 0 Å². The Labute approximate surface area is 166 Å². The summed E-state index contributed by atoms with van der Waals surface area (Å²) in [5, 5.41) is 6.86. The number of fused-ring (bicyclic) bond motifs is 1. The van der Waals surface area contributed by atoms with Crippen LogP contribution >= 0.6 is 24.8 Å². The van der Waals surface area contributed by atoms with Gasteiger partial charge in [-0.05, 0) is 30.7 Å². The van der Waals surface area contributed by atoms with Crippen molar-refractivity contribution in [3.05, 3.63) is 47.4 Å². The molecule has 0 radical (unpaired) electrons. The molecule has 0 atom stereocenters. The van der Waals surface area contributed by atoms with Gasteiger partial charge in [-0.15, -0.1) is 24.8 Å². The minimum atomic E-state index is 0. The van der Waals surface area contributed by atoms with Crippen molar-refractivity contribution in [3.63, 3.8) is 0 Å². The van der Waals surface area contributed by atoms with Crippen LogP contribution in [-0.2, 0) is 24.1 Å². The molecule has 2 aromatic rings. The molecular weight excluding hydrogens is 375 g/mol. The van der Waals surface area contributed by atoms with Gasteiger partial charge in [0.05, 0.1) is 12.3 Å². The molecule has 1 aliphatic rings. The number of anilines is 1. The first kappa shape index (κ1) is 22.4. The molecule has 0 bridgehead atoms. The van der Waals surface area contributed by atoms with Gasteiger partial charge in [-0.1, -0.05) is 12.1 Å². The zero-order valence-corrected chi connectivity index (χ0v) is 16.5. The highest BCUT2D eigenvalue weighted by Crippen LogP contribution is 2.20. The number of nitrogens with zero attached hydrogens (tertiary/aromatic N) is 2. The van der Waals surface area contributed by atoms with Crippen LogP contribution in [0.5, 0.6) is 5.75 Å². The summed E-state index contributed by atoms with van der Waals surface area (Å²) in [6.45, 7) is 3.80. The molecule has 0 amide bonds. The Balaban J connectivity index is 0.00000169. The Morgan fingerprint density at radius 1 is 1.12 bits per heavy atom. The Hall–Kier alpha value is -1.60. The SMILES string of the molecule is COCCOc1cccc(CNc2ncnc3c2CCNCC3)c1.Cl.Cl. The minimum Gasteiger partial charge on any atom is -0.491 e. The third-order valence-corrected chi connectivity index (χ3v) is 4.04. The zero-order chi connectivity index (χ0) is 16.6. The molecule has 0 aliphatic carbocycles. The number of ether oxygens (including phenoxy) is 2. The summed E-state index contributed by atoms with van der Waals surface area (Å²) in [4.78, 5) is 8.86. The summed E-state index contributed by atoms with van der Waals surface area (Å²) >= 11 is 0. The van der Waals surface area contributed by atoms with Gasteiger partial charge >= 0.3 is 0 Å². The van der Waals surface area contributed by atoms with E-state index in [9.17, 15) is 0 Å². The quantitative estimate of drug-likeness (QED) is 0.696. The Kier molecular flexibility index (Phi) is 10.3. The summed E-state index contributed by atoms with van der Waals surface area (Å²) in [6.07, 6.45) is 3.56. The molecule has 8 heteroatoms. The second-order valence-electron chi connectivity index (χ2n) is 5.74. The summed E-state index contributed by atoms with van der Waals surface area (Å²) in [5.41, 5.74) is 3.54. The van der Waals surface area contributed by atoms with Crippen LogP contribution in [0.25, 0.3) is 0 Å². The normalized spacial score (nSPS) is 12.8. The van der Waals surface area contributed by atoms with Gasteiger partial charge in [-0.2, -0.15) is 0 Å². The maximum atomic E-state index is 5.66. The third kappa shape index (κ3) is 6.29. The molecule has 1 aromatic carbocycles. The van der Waals surface area contributed by atoms with Crippen LogP contribution in [0.3, 0.4) is 0 Å². The molecule has 3 rings (SSSR count). The average molecular weight is 401 g/mol. The fraction of sp³-hybridized carbons (Fsp3) is 0.444. The maximum absolute atomic E-state index is 5.66. The lowest BCUT2D eigenvalue weighted by molar-refractivity contribution is 0.146. The molecule has 6 nitrogen and oxygen atoms in total. The van der Waals surface area contributed by atoms with Crippen LogP contribution in [0.2, 0.25) is 0 Å². The van der Waals surface area contributed by atoms with Gasteiger partial charge in [0.1, 0.15) is 24.5 Å². The van der Waals surface area contributed by atoms with Gasteiger partial charge in [0.2, 0.25) is 0 Å². The molecule has 2 heterocycles. The standard InChI is InChI=1S/C18H24N4O2.2ClH/c1-23-9-10-24-15-4-2-3-14(11-15)12-20-18-16-5-7-19-8-6-17(16)21-13-22-18;;/h2-4,11,13,19H,5-10,12H2,1H3,(H,20,21,22);2*1H. The molecule has 0 saturated heterocycles. The first-order chi connectivity index (χ1) is 11.9. The van der Waals surface area contributed by atoms with Crippen LogP contribution in [0.15, 0.2) is 30.6 Å². The van der Waals surface area contributed by atoms with Gasteiger partial charge in [0, 0.05) is 32.2 Å². The number of nitrogens with one attached hydrogen (secondary N) is 2. The molecular formula is C18H26Cl2N4O2. The molecule has 2 N–H and O–H groups in total. The van der Waals surface area contributed by atoms with Crippen molar-refractivity contribution in [3.8, 4) is 5.75 Å². The van der Waals surface area contributed by atoms with Crippen molar-refractivity contribution in [2.45, 2.75) is 19.4 Å². The third-order valence-electron chi connectivity index (χ3n) is 4.04. The number of methoxy groups -OCH3 is 1. The van der Waals surface area contributed by atoms with Crippen molar-refractivity contribution < 1.29 is 9.47 Å². The number of hydrogen-bond acceptors (Lipinski definition) is 6. The van der Waals surface area contributed by atoms with Gasteiger partial charge < -0.3 is 20.1 Å². The van der Waals surface area contributed by atoms with E-state index in [4.69, 9.17) is 9.47 Å². The number of halogens is 2. The van der Waals surface area contributed by atoms with Crippen LogP contribution in [0.1, 0.15) is 16.8 Å². The van der Waals surface area contributed by atoms with Crippen molar-refractivity contribution in [2.24, 2.45) is 0 Å². The van der Waals surface area contributed by atoms with Gasteiger partial charge in [0.15, 0.2) is 0 Å². The first-order valence-electron chi connectivity index (χ1n) is 8.35. The van der Waals surface area contributed by atoms with Crippen LogP contribution in [0.4, 0.5) is 5.82 Å². The van der Waals surface area contributed by atoms with Crippen LogP contribution < -0.4 is 15.4 Å². The highest BCUT2D eigenvalue weighted by Gasteiger charge is 2.13. The largest absolute Gasteiger partial charge is 0.491 e. The molecule has 1 aromatic heterocycles. The predicted molar refractivity (Wildman–Crippen MR) is 108 cm³/mol. The Morgan fingerprint density at radius 3 is 2.81 bits per heavy atom.